The molecule has 0 bridgehead atoms. The van der Waals surface area contributed by atoms with Gasteiger partial charge in [0.2, 0.25) is 5.78 Å². The highest BCUT2D eigenvalue weighted by atomic mass is 16.5. The Balaban J connectivity index is 0.000000196. The molecule has 136 valence electrons. The predicted octanol–water partition coefficient (Wildman–Crippen LogP) is 3.28. The summed E-state index contributed by atoms with van der Waals surface area (Å²) in [6.07, 6.45) is 1.36. The number of Topliss-reactive ketones (excluding diaryl/α,β-unsaturated/α-hetero) is 1. The summed E-state index contributed by atoms with van der Waals surface area (Å²) >= 11 is 0. The van der Waals surface area contributed by atoms with Gasteiger partial charge >= 0.3 is 0 Å². The van der Waals surface area contributed by atoms with Gasteiger partial charge in [-0.15, -0.1) is 0 Å². The van der Waals surface area contributed by atoms with Gasteiger partial charge in [-0.1, -0.05) is 32.9 Å². The fourth-order valence-electron chi connectivity index (χ4n) is 3.94. The summed E-state index contributed by atoms with van der Waals surface area (Å²) in [5.74, 6) is 2.19. The zero-order valence-corrected chi connectivity index (χ0v) is 15.7. The van der Waals surface area contributed by atoms with Crippen molar-refractivity contribution in [3.63, 3.8) is 0 Å². The highest BCUT2D eigenvalue weighted by Crippen LogP contribution is 2.59. The van der Waals surface area contributed by atoms with E-state index in [0.717, 1.165) is 11.5 Å². The maximum atomic E-state index is 12.1. The summed E-state index contributed by atoms with van der Waals surface area (Å²) in [6, 6.07) is 7.53. The van der Waals surface area contributed by atoms with E-state index in [2.05, 4.69) is 0 Å². The van der Waals surface area contributed by atoms with Crippen LogP contribution in [0.25, 0.3) is 0 Å². The van der Waals surface area contributed by atoms with Crippen LogP contribution in [0.15, 0.2) is 36.1 Å². The second-order valence-corrected chi connectivity index (χ2v) is 6.71. The molecule has 3 unspecified atom stereocenters. The third-order valence-corrected chi connectivity index (χ3v) is 5.71. The Labute approximate surface area is 149 Å². The molecular formula is C20H26O5. The number of methoxy groups -OCH3 is 3. The van der Waals surface area contributed by atoms with Gasteiger partial charge in [-0.3, -0.25) is 9.59 Å². The first-order valence-corrected chi connectivity index (χ1v) is 8.34. The molecule has 4 atom stereocenters. The van der Waals surface area contributed by atoms with Gasteiger partial charge in [0.05, 0.1) is 21.3 Å². The van der Waals surface area contributed by atoms with Crippen LogP contribution in [0.4, 0.5) is 0 Å². The molecule has 0 saturated heterocycles. The maximum Gasteiger partial charge on any atom is 0.204 e. The average Bonchev–Trinajstić information content (AvgIpc) is 2.64. The number of benzene rings is 1. The van der Waals surface area contributed by atoms with Crippen LogP contribution in [0, 0.1) is 23.2 Å². The SMILES string of the molecule is COC1=CC(=O)C2C(C)C(C)[C@]2(C)C1=O.COc1ccccc1OC. The first kappa shape index (κ1) is 19.0. The zero-order chi connectivity index (χ0) is 18.8. The number of para-hydroxylation sites is 2. The van der Waals surface area contributed by atoms with Gasteiger partial charge in [0.1, 0.15) is 0 Å². The molecule has 0 aliphatic heterocycles. The molecule has 1 aromatic carbocycles. The summed E-state index contributed by atoms with van der Waals surface area (Å²) in [7, 11) is 4.68. The molecule has 0 spiro atoms. The highest BCUT2D eigenvalue weighted by molar-refractivity contribution is 6.12. The number of allylic oxidation sites excluding steroid dienone is 2. The van der Waals surface area contributed by atoms with E-state index in [-0.39, 0.29) is 29.2 Å². The Hall–Kier alpha value is -2.30. The number of rotatable bonds is 3. The van der Waals surface area contributed by atoms with Crippen LogP contribution in [-0.2, 0) is 14.3 Å². The molecular weight excluding hydrogens is 320 g/mol. The molecule has 1 aromatic rings. The van der Waals surface area contributed by atoms with E-state index >= 15 is 0 Å². The van der Waals surface area contributed by atoms with E-state index in [0.29, 0.717) is 5.92 Å². The van der Waals surface area contributed by atoms with Crippen molar-refractivity contribution < 1.29 is 23.8 Å². The lowest BCUT2D eigenvalue weighted by atomic mass is 9.44. The summed E-state index contributed by atoms with van der Waals surface area (Å²) in [5.41, 5.74) is -0.531. The molecule has 3 rings (SSSR count). The van der Waals surface area contributed by atoms with Crippen LogP contribution >= 0.6 is 0 Å². The van der Waals surface area contributed by atoms with Crippen LogP contribution < -0.4 is 9.47 Å². The molecule has 0 amide bonds. The summed E-state index contributed by atoms with van der Waals surface area (Å²) < 4.78 is 15.0. The van der Waals surface area contributed by atoms with Crippen LogP contribution in [0.5, 0.6) is 11.5 Å². The third kappa shape index (κ3) is 3.03. The maximum absolute atomic E-state index is 12.1. The lowest BCUT2D eigenvalue weighted by molar-refractivity contribution is -0.166. The predicted molar refractivity (Wildman–Crippen MR) is 94.6 cm³/mol. The van der Waals surface area contributed by atoms with E-state index < -0.39 is 5.41 Å². The van der Waals surface area contributed by atoms with Gasteiger partial charge in [0.15, 0.2) is 23.0 Å². The second-order valence-electron chi connectivity index (χ2n) is 6.71. The quantitative estimate of drug-likeness (QED) is 0.840. The number of carbonyl (C=O) groups excluding carboxylic acids is 2. The van der Waals surface area contributed by atoms with E-state index in [1.807, 2.05) is 45.0 Å². The number of carbonyl (C=O) groups is 2. The minimum absolute atomic E-state index is 0.0137. The van der Waals surface area contributed by atoms with E-state index in [1.54, 1.807) is 14.2 Å². The summed E-state index contributed by atoms with van der Waals surface area (Å²) in [5, 5.41) is 0. The zero-order valence-electron chi connectivity index (χ0n) is 15.7. The van der Waals surface area contributed by atoms with Gasteiger partial charge in [0, 0.05) is 17.4 Å². The number of ether oxygens (including phenoxy) is 3. The number of hydrogen-bond acceptors (Lipinski definition) is 5. The van der Waals surface area contributed by atoms with Crippen LogP contribution in [0.2, 0.25) is 0 Å². The van der Waals surface area contributed by atoms with Crippen molar-refractivity contribution in [1.29, 1.82) is 0 Å². The van der Waals surface area contributed by atoms with Crippen molar-refractivity contribution in [3.8, 4) is 11.5 Å². The van der Waals surface area contributed by atoms with Gasteiger partial charge in [-0.05, 0) is 24.0 Å². The van der Waals surface area contributed by atoms with Crippen molar-refractivity contribution in [3.05, 3.63) is 36.1 Å². The summed E-state index contributed by atoms with van der Waals surface area (Å²) in [4.78, 5) is 23.9. The van der Waals surface area contributed by atoms with Crippen molar-refractivity contribution >= 4 is 11.6 Å². The fraction of sp³-hybridized carbons (Fsp3) is 0.500. The first-order chi connectivity index (χ1) is 11.8. The molecule has 0 aromatic heterocycles. The molecule has 0 N–H and O–H groups in total. The molecule has 5 heteroatoms. The lowest BCUT2D eigenvalue weighted by Crippen LogP contribution is -2.62. The number of fused-ring (bicyclic) bond motifs is 1. The van der Waals surface area contributed by atoms with Gasteiger partial charge < -0.3 is 14.2 Å². The van der Waals surface area contributed by atoms with Crippen molar-refractivity contribution in [2.75, 3.05) is 21.3 Å². The molecule has 5 nitrogen and oxygen atoms in total. The Kier molecular flexibility index (Phi) is 5.55. The van der Waals surface area contributed by atoms with Crippen LogP contribution in [0.1, 0.15) is 20.8 Å². The molecule has 0 radical (unpaired) electrons. The van der Waals surface area contributed by atoms with Gasteiger partial charge in [-0.2, -0.15) is 0 Å². The van der Waals surface area contributed by atoms with E-state index in [4.69, 9.17) is 14.2 Å². The first-order valence-electron chi connectivity index (χ1n) is 8.34. The largest absolute Gasteiger partial charge is 0.493 e. The number of hydrogen-bond donors (Lipinski definition) is 0. The monoisotopic (exact) mass is 346 g/mol. The topological polar surface area (TPSA) is 61.8 Å². The van der Waals surface area contributed by atoms with Crippen LogP contribution in [0.3, 0.4) is 0 Å². The van der Waals surface area contributed by atoms with E-state index in [1.165, 1.54) is 13.2 Å². The highest BCUT2D eigenvalue weighted by Gasteiger charge is 2.64. The van der Waals surface area contributed by atoms with Crippen LogP contribution in [-0.4, -0.2) is 32.9 Å². The minimum atomic E-state index is -0.531. The van der Waals surface area contributed by atoms with Gasteiger partial charge in [0.25, 0.3) is 0 Å². The standard InChI is InChI=1S/C12H16O3.C8H10O2/c1-6-7(2)12(3)10(6)8(13)5-9(15-4)11(12)14;1-9-7-5-3-4-6-8(7)10-2/h5-7,10H,1-4H3;3-6H,1-2H3/t6?,7?,10?,12-;/m0./s1. The minimum Gasteiger partial charge on any atom is -0.493 e. The summed E-state index contributed by atoms with van der Waals surface area (Å²) in [6.45, 7) is 5.95. The van der Waals surface area contributed by atoms with Gasteiger partial charge in [-0.25, -0.2) is 0 Å². The van der Waals surface area contributed by atoms with E-state index in [9.17, 15) is 9.59 Å². The third-order valence-electron chi connectivity index (χ3n) is 5.71. The Morgan fingerprint density at radius 1 is 0.920 bits per heavy atom. The number of ketones is 2. The fourth-order valence-corrected chi connectivity index (χ4v) is 3.94. The Morgan fingerprint density at radius 2 is 1.44 bits per heavy atom. The normalized spacial score (nSPS) is 30.2. The Morgan fingerprint density at radius 3 is 1.88 bits per heavy atom. The molecule has 2 aliphatic carbocycles. The van der Waals surface area contributed by atoms with Crippen molar-refractivity contribution in [2.24, 2.45) is 23.2 Å². The van der Waals surface area contributed by atoms with Crippen molar-refractivity contribution in [1.82, 2.24) is 0 Å². The molecule has 1 fully saturated rings. The Bertz CT molecular complexity index is 670. The molecule has 1 saturated carbocycles. The lowest BCUT2D eigenvalue weighted by Gasteiger charge is -2.57. The smallest absolute Gasteiger partial charge is 0.204 e. The average molecular weight is 346 g/mol. The molecule has 2 aliphatic rings. The molecule has 0 heterocycles. The van der Waals surface area contributed by atoms with Crippen molar-refractivity contribution in [2.45, 2.75) is 20.8 Å². The second kappa shape index (κ2) is 7.30. The molecule has 25 heavy (non-hydrogen) atoms.